The number of H-pyrrole nitrogens is 1. The number of thioether (sulfide) groups is 1. The van der Waals surface area contributed by atoms with Gasteiger partial charge in [0.2, 0.25) is 21.7 Å². The number of carbonyl (C=O) groups excluding carboxylic acids is 1. The van der Waals surface area contributed by atoms with Gasteiger partial charge in [-0.2, -0.15) is 10.1 Å². The van der Waals surface area contributed by atoms with Crippen LogP contribution in [0.5, 0.6) is 0 Å². The Morgan fingerprint density at radius 3 is 2.88 bits per heavy atom. The minimum atomic E-state index is -3.75. The molecule has 0 fully saturated rings. The Hall–Kier alpha value is -2.51. The van der Waals surface area contributed by atoms with Crippen molar-refractivity contribution in [3.05, 3.63) is 30.0 Å². The molecule has 0 spiro atoms. The molecule has 0 bridgehead atoms. The van der Waals surface area contributed by atoms with Crippen molar-refractivity contribution in [2.45, 2.75) is 14.3 Å². The number of hydrogen-bond donors (Lipinski definition) is 3. The average Bonchev–Trinajstić information content (AvgIpc) is 3.26. The molecule has 13 heteroatoms. The standard InChI is InChI=1S/C12H11N7O3S3/c13-10-7(25(21,22)9-2-1-3-23-9)4-14-12(18-10)24-5-8(20)17-11-15-6-16-19-11/h1-4,6H,5H2,(H2,13,14,18)(H2,15,16,17,19,20). The molecule has 0 saturated carbocycles. The Bertz CT molecular complexity index is 972. The molecule has 10 nitrogen and oxygen atoms in total. The molecule has 1 amide bonds. The van der Waals surface area contributed by atoms with Gasteiger partial charge in [0.15, 0.2) is 5.16 Å². The lowest BCUT2D eigenvalue weighted by molar-refractivity contribution is -0.113. The van der Waals surface area contributed by atoms with Crippen molar-refractivity contribution >= 4 is 50.6 Å². The minimum Gasteiger partial charge on any atom is -0.382 e. The van der Waals surface area contributed by atoms with Gasteiger partial charge in [0, 0.05) is 0 Å². The molecule has 3 rings (SSSR count). The Labute approximate surface area is 150 Å². The number of nitrogens with one attached hydrogen (secondary N) is 2. The van der Waals surface area contributed by atoms with Gasteiger partial charge in [-0.15, -0.1) is 11.3 Å². The number of thiophene rings is 1. The summed E-state index contributed by atoms with van der Waals surface area (Å²) in [5, 5.41) is 10.4. The number of nitrogen functional groups attached to an aromatic ring is 1. The Morgan fingerprint density at radius 2 is 2.24 bits per heavy atom. The molecule has 3 aromatic heterocycles. The lowest BCUT2D eigenvalue weighted by Gasteiger charge is -2.06. The van der Waals surface area contributed by atoms with Gasteiger partial charge in [-0.05, 0) is 11.4 Å². The van der Waals surface area contributed by atoms with Crippen molar-refractivity contribution in [3.63, 3.8) is 0 Å². The Kier molecular flexibility index (Phi) is 4.96. The van der Waals surface area contributed by atoms with Crippen LogP contribution in [0.3, 0.4) is 0 Å². The number of hydrogen-bond acceptors (Lipinski definition) is 10. The smallest absolute Gasteiger partial charge is 0.237 e. The van der Waals surface area contributed by atoms with Crippen LogP contribution < -0.4 is 11.1 Å². The van der Waals surface area contributed by atoms with Crippen LogP contribution in [0.15, 0.2) is 44.3 Å². The third-order valence-electron chi connectivity index (χ3n) is 2.82. The number of anilines is 2. The lowest BCUT2D eigenvalue weighted by atomic mass is 10.6. The van der Waals surface area contributed by atoms with Crippen LogP contribution in [-0.2, 0) is 14.6 Å². The zero-order valence-electron chi connectivity index (χ0n) is 12.4. The van der Waals surface area contributed by atoms with E-state index in [9.17, 15) is 13.2 Å². The number of nitrogens with zero attached hydrogens (tertiary/aromatic N) is 4. The summed E-state index contributed by atoms with van der Waals surface area (Å²) < 4.78 is 25.0. The maximum absolute atomic E-state index is 12.4. The van der Waals surface area contributed by atoms with Crippen LogP contribution in [0.25, 0.3) is 0 Å². The van der Waals surface area contributed by atoms with Crippen molar-refractivity contribution in [2.24, 2.45) is 0 Å². The van der Waals surface area contributed by atoms with E-state index >= 15 is 0 Å². The Morgan fingerprint density at radius 1 is 1.40 bits per heavy atom. The molecule has 0 radical (unpaired) electrons. The van der Waals surface area contributed by atoms with Gasteiger partial charge >= 0.3 is 0 Å². The summed E-state index contributed by atoms with van der Waals surface area (Å²) in [6, 6.07) is 3.11. The van der Waals surface area contributed by atoms with Crippen molar-refractivity contribution in [1.29, 1.82) is 0 Å². The number of carbonyl (C=O) groups is 1. The fourth-order valence-electron chi connectivity index (χ4n) is 1.73. The minimum absolute atomic E-state index is 0.00282. The number of sulfone groups is 1. The maximum Gasteiger partial charge on any atom is 0.237 e. The number of rotatable bonds is 6. The predicted molar refractivity (Wildman–Crippen MR) is 92.0 cm³/mol. The first kappa shape index (κ1) is 17.3. The third-order valence-corrected chi connectivity index (χ3v) is 6.84. The zero-order valence-corrected chi connectivity index (χ0v) is 14.9. The van der Waals surface area contributed by atoms with Gasteiger partial charge in [-0.25, -0.2) is 23.5 Å². The zero-order chi connectivity index (χ0) is 17.9. The molecule has 0 saturated heterocycles. The molecule has 4 N–H and O–H groups in total. The van der Waals surface area contributed by atoms with Crippen molar-refractivity contribution in [1.82, 2.24) is 25.1 Å². The van der Waals surface area contributed by atoms with Gasteiger partial charge in [0.05, 0.1) is 11.9 Å². The number of nitrogens with two attached hydrogens (primary N) is 1. The molecule has 0 aliphatic rings. The second kappa shape index (κ2) is 7.16. The first-order chi connectivity index (χ1) is 12.0. The van der Waals surface area contributed by atoms with E-state index in [-0.39, 0.29) is 37.7 Å². The molecule has 0 unspecified atom stereocenters. The van der Waals surface area contributed by atoms with Gasteiger partial charge in [-0.3, -0.25) is 10.1 Å². The molecule has 130 valence electrons. The fraction of sp³-hybridized carbons (Fsp3) is 0.0833. The van der Waals surface area contributed by atoms with E-state index in [4.69, 9.17) is 5.73 Å². The van der Waals surface area contributed by atoms with E-state index in [1.807, 2.05) is 0 Å². The summed E-state index contributed by atoms with van der Waals surface area (Å²) in [4.78, 5) is 23.3. The predicted octanol–water partition coefficient (Wildman–Crippen LogP) is 0.802. The number of amides is 1. The molecule has 0 aromatic carbocycles. The highest BCUT2D eigenvalue weighted by molar-refractivity contribution is 7.99. The molecule has 3 heterocycles. The first-order valence-electron chi connectivity index (χ1n) is 6.66. The molecule has 25 heavy (non-hydrogen) atoms. The Balaban J connectivity index is 1.69. The highest BCUT2D eigenvalue weighted by Gasteiger charge is 2.23. The SMILES string of the molecule is Nc1nc(SCC(=O)Nc2ncn[nH]2)ncc1S(=O)(=O)c1cccs1. The average molecular weight is 397 g/mol. The molecule has 3 aromatic rings. The van der Waals surface area contributed by atoms with Gasteiger partial charge in [-0.1, -0.05) is 17.8 Å². The topological polar surface area (TPSA) is 157 Å². The number of aromatic amines is 1. The highest BCUT2D eigenvalue weighted by Crippen LogP contribution is 2.28. The second-order valence-corrected chi connectivity index (χ2v) is 8.54. The molecule has 0 aliphatic heterocycles. The fourth-order valence-corrected chi connectivity index (χ4v) is 4.73. The monoisotopic (exact) mass is 397 g/mol. The maximum atomic E-state index is 12.4. The van der Waals surface area contributed by atoms with Crippen LogP contribution in [0.4, 0.5) is 11.8 Å². The van der Waals surface area contributed by atoms with Crippen molar-refractivity contribution < 1.29 is 13.2 Å². The molecular weight excluding hydrogens is 386 g/mol. The van der Waals surface area contributed by atoms with E-state index in [0.29, 0.717) is 0 Å². The highest BCUT2D eigenvalue weighted by atomic mass is 32.2. The van der Waals surface area contributed by atoms with Gasteiger partial charge in [0.1, 0.15) is 21.2 Å². The largest absolute Gasteiger partial charge is 0.382 e. The van der Waals surface area contributed by atoms with E-state index in [1.165, 1.54) is 12.4 Å². The van der Waals surface area contributed by atoms with Crippen LogP contribution >= 0.6 is 23.1 Å². The lowest BCUT2D eigenvalue weighted by Crippen LogP contribution is -2.15. The summed E-state index contributed by atoms with van der Waals surface area (Å²) in [6.07, 6.45) is 2.41. The normalized spacial score (nSPS) is 11.4. The van der Waals surface area contributed by atoms with E-state index in [0.717, 1.165) is 29.3 Å². The van der Waals surface area contributed by atoms with E-state index in [2.05, 4.69) is 30.5 Å². The van der Waals surface area contributed by atoms with Crippen LogP contribution in [0, 0.1) is 0 Å². The summed E-state index contributed by atoms with van der Waals surface area (Å²) in [6.45, 7) is 0. The van der Waals surface area contributed by atoms with Crippen LogP contribution in [0.2, 0.25) is 0 Å². The second-order valence-electron chi connectivity index (χ2n) is 4.51. The molecular formula is C12H11N7O3S3. The van der Waals surface area contributed by atoms with Crippen LogP contribution in [0.1, 0.15) is 0 Å². The first-order valence-corrected chi connectivity index (χ1v) is 10.0. The summed E-state index contributed by atoms with van der Waals surface area (Å²) >= 11 is 2.10. The summed E-state index contributed by atoms with van der Waals surface area (Å²) in [7, 11) is -3.75. The van der Waals surface area contributed by atoms with E-state index in [1.54, 1.807) is 11.4 Å². The molecule has 0 atom stereocenters. The van der Waals surface area contributed by atoms with E-state index < -0.39 is 9.84 Å². The quantitative estimate of drug-likeness (QED) is 0.404. The van der Waals surface area contributed by atoms with Crippen molar-refractivity contribution in [2.75, 3.05) is 16.8 Å². The van der Waals surface area contributed by atoms with Crippen LogP contribution in [-0.4, -0.2) is 45.2 Å². The molecule has 0 aliphatic carbocycles. The summed E-state index contributed by atoms with van der Waals surface area (Å²) in [5.74, 6) is -0.291. The van der Waals surface area contributed by atoms with Gasteiger partial charge in [0.25, 0.3) is 0 Å². The number of aromatic nitrogens is 5. The summed E-state index contributed by atoms with van der Waals surface area (Å²) in [5.41, 5.74) is 5.77. The third kappa shape index (κ3) is 3.94. The van der Waals surface area contributed by atoms with Crippen molar-refractivity contribution in [3.8, 4) is 0 Å². The van der Waals surface area contributed by atoms with Gasteiger partial charge < -0.3 is 5.73 Å².